The van der Waals surface area contributed by atoms with Gasteiger partial charge in [0.1, 0.15) is 0 Å². The van der Waals surface area contributed by atoms with Crippen molar-refractivity contribution in [3.8, 4) is 0 Å². The van der Waals surface area contributed by atoms with Crippen LogP contribution in [0.25, 0.3) is 0 Å². The summed E-state index contributed by atoms with van der Waals surface area (Å²) >= 11 is 5.49. The Morgan fingerprint density at radius 2 is 2.38 bits per heavy atom. The summed E-state index contributed by atoms with van der Waals surface area (Å²) < 4.78 is 5.06. The summed E-state index contributed by atoms with van der Waals surface area (Å²) in [6, 6.07) is -0.205. The number of nitrogens with one attached hydrogen (secondary N) is 1. The van der Waals surface area contributed by atoms with Gasteiger partial charge in [-0.1, -0.05) is 18.2 Å². The van der Waals surface area contributed by atoms with Crippen LogP contribution >= 0.6 is 11.6 Å². The molecule has 2 atom stereocenters. The maximum atomic E-state index is 11.4. The second kappa shape index (κ2) is 4.60. The highest BCUT2D eigenvalue weighted by Gasteiger charge is 2.30. The van der Waals surface area contributed by atoms with Gasteiger partial charge in [0, 0.05) is 11.1 Å². The van der Waals surface area contributed by atoms with Gasteiger partial charge in [0.2, 0.25) is 5.91 Å². The van der Waals surface area contributed by atoms with Crippen molar-refractivity contribution in [1.82, 2.24) is 5.32 Å². The first kappa shape index (κ1) is 10.5. The molecule has 1 aliphatic heterocycles. The van der Waals surface area contributed by atoms with Gasteiger partial charge in [0.05, 0.1) is 25.7 Å². The lowest BCUT2D eigenvalue weighted by atomic mass is 10.0. The molecule has 1 saturated heterocycles. The van der Waals surface area contributed by atoms with Gasteiger partial charge in [0.25, 0.3) is 0 Å². The standard InChI is InChI=1S/C8H13ClN2O2/c1-5(9)2-11-8(12)6-3-13-4-7(6)10/h6-7H,1-4,10H2,(H,11,12). The van der Waals surface area contributed by atoms with Gasteiger partial charge in [-0.25, -0.2) is 0 Å². The molecule has 5 heteroatoms. The van der Waals surface area contributed by atoms with Crippen LogP contribution in [0.3, 0.4) is 0 Å². The molecule has 0 aromatic carbocycles. The molecule has 1 rings (SSSR count). The Kier molecular flexibility index (Phi) is 3.71. The highest BCUT2D eigenvalue weighted by atomic mass is 35.5. The number of carbonyl (C=O) groups excluding carboxylic acids is 1. The quantitative estimate of drug-likeness (QED) is 0.671. The molecule has 0 bridgehead atoms. The third-order valence-electron chi connectivity index (χ3n) is 1.92. The molecule has 0 aromatic heterocycles. The molecular weight excluding hydrogens is 192 g/mol. The monoisotopic (exact) mass is 204 g/mol. The average Bonchev–Trinajstić information content (AvgIpc) is 2.47. The van der Waals surface area contributed by atoms with E-state index in [-0.39, 0.29) is 24.4 Å². The summed E-state index contributed by atoms with van der Waals surface area (Å²) in [6.07, 6.45) is 0. The Bertz CT molecular complexity index is 220. The Labute approximate surface area is 82.1 Å². The largest absolute Gasteiger partial charge is 0.379 e. The van der Waals surface area contributed by atoms with Gasteiger partial charge >= 0.3 is 0 Å². The minimum Gasteiger partial charge on any atom is -0.379 e. The van der Waals surface area contributed by atoms with E-state index < -0.39 is 0 Å². The van der Waals surface area contributed by atoms with Crippen molar-refractivity contribution < 1.29 is 9.53 Å². The van der Waals surface area contributed by atoms with Crippen molar-refractivity contribution in [2.75, 3.05) is 19.8 Å². The number of amides is 1. The van der Waals surface area contributed by atoms with Crippen LogP contribution in [0.4, 0.5) is 0 Å². The Balaban J connectivity index is 2.34. The topological polar surface area (TPSA) is 64.3 Å². The maximum absolute atomic E-state index is 11.4. The van der Waals surface area contributed by atoms with Gasteiger partial charge in [-0.15, -0.1) is 0 Å². The van der Waals surface area contributed by atoms with E-state index in [0.29, 0.717) is 18.2 Å². The third-order valence-corrected chi connectivity index (χ3v) is 2.05. The predicted molar refractivity (Wildman–Crippen MR) is 50.3 cm³/mol. The summed E-state index contributed by atoms with van der Waals surface area (Å²) in [6.45, 7) is 4.58. The third kappa shape index (κ3) is 2.99. The summed E-state index contributed by atoms with van der Waals surface area (Å²) in [5.41, 5.74) is 5.65. The number of ether oxygens (including phenoxy) is 1. The zero-order valence-corrected chi connectivity index (χ0v) is 8.01. The zero-order chi connectivity index (χ0) is 9.84. The fraction of sp³-hybridized carbons (Fsp3) is 0.625. The molecule has 2 unspecified atom stereocenters. The Morgan fingerprint density at radius 3 is 2.85 bits per heavy atom. The molecule has 74 valence electrons. The van der Waals surface area contributed by atoms with Crippen LogP contribution in [0.15, 0.2) is 11.6 Å². The molecule has 1 aliphatic rings. The number of hydrogen-bond donors (Lipinski definition) is 2. The fourth-order valence-electron chi connectivity index (χ4n) is 1.16. The summed E-state index contributed by atoms with van der Waals surface area (Å²) in [5, 5.41) is 3.03. The second-order valence-electron chi connectivity index (χ2n) is 3.04. The number of carbonyl (C=O) groups is 1. The van der Waals surface area contributed by atoms with Crippen LogP contribution in [0, 0.1) is 5.92 Å². The van der Waals surface area contributed by atoms with Gasteiger partial charge in [-0.3, -0.25) is 4.79 Å². The van der Waals surface area contributed by atoms with Gasteiger partial charge in [-0.05, 0) is 0 Å². The molecule has 13 heavy (non-hydrogen) atoms. The molecule has 1 fully saturated rings. The minimum absolute atomic E-state index is 0.119. The average molecular weight is 205 g/mol. The van der Waals surface area contributed by atoms with Gasteiger partial charge in [0.15, 0.2) is 0 Å². The Morgan fingerprint density at radius 1 is 1.69 bits per heavy atom. The van der Waals surface area contributed by atoms with Crippen LogP contribution in [0.2, 0.25) is 0 Å². The van der Waals surface area contributed by atoms with E-state index in [2.05, 4.69) is 11.9 Å². The molecule has 3 N–H and O–H groups in total. The SMILES string of the molecule is C=C(Cl)CNC(=O)C1COCC1N. The number of nitrogens with two attached hydrogens (primary N) is 1. The van der Waals surface area contributed by atoms with E-state index in [1.807, 2.05) is 0 Å². The predicted octanol–water partition coefficient (Wildman–Crippen LogP) is -0.171. The number of halogens is 1. The van der Waals surface area contributed by atoms with Crippen LogP contribution in [0.5, 0.6) is 0 Å². The number of hydrogen-bond acceptors (Lipinski definition) is 3. The normalized spacial score (nSPS) is 27.2. The fourth-order valence-corrected chi connectivity index (χ4v) is 1.22. The van der Waals surface area contributed by atoms with Gasteiger partial charge < -0.3 is 15.8 Å². The van der Waals surface area contributed by atoms with Crippen molar-refractivity contribution in [2.24, 2.45) is 11.7 Å². The van der Waals surface area contributed by atoms with E-state index in [4.69, 9.17) is 22.1 Å². The van der Waals surface area contributed by atoms with Crippen LogP contribution in [-0.4, -0.2) is 31.7 Å². The maximum Gasteiger partial charge on any atom is 0.227 e. The van der Waals surface area contributed by atoms with Crippen molar-refractivity contribution in [3.05, 3.63) is 11.6 Å². The molecule has 0 spiro atoms. The molecule has 1 amide bonds. The van der Waals surface area contributed by atoms with Gasteiger partial charge in [-0.2, -0.15) is 0 Å². The molecule has 0 saturated carbocycles. The summed E-state index contributed by atoms with van der Waals surface area (Å²) in [4.78, 5) is 11.4. The second-order valence-corrected chi connectivity index (χ2v) is 3.58. The van der Waals surface area contributed by atoms with E-state index in [1.54, 1.807) is 0 Å². The molecule has 0 radical (unpaired) electrons. The van der Waals surface area contributed by atoms with Crippen LogP contribution in [0.1, 0.15) is 0 Å². The number of rotatable bonds is 3. The first-order valence-electron chi connectivity index (χ1n) is 4.05. The van der Waals surface area contributed by atoms with E-state index in [1.165, 1.54) is 0 Å². The lowest BCUT2D eigenvalue weighted by Crippen LogP contribution is -2.41. The summed E-state index contributed by atoms with van der Waals surface area (Å²) in [7, 11) is 0. The van der Waals surface area contributed by atoms with E-state index in [9.17, 15) is 4.79 Å². The smallest absolute Gasteiger partial charge is 0.227 e. The molecule has 0 aromatic rings. The molecule has 1 heterocycles. The van der Waals surface area contributed by atoms with Crippen LogP contribution in [-0.2, 0) is 9.53 Å². The highest BCUT2D eigenvalue weighted by Crippen LogP contribution is 2.11. The lowest BCUT2D eigenvalue weighted by Gasteiger charge is -2.12. The first-order chi connectivity index (χ1) is 6.11. The highest BCUT2D eigenvalue weighted by molar-refractivity contribution is 6.29. The van der Waals surface area contributed by atoms with Crippen molar-refractivity contribution in [1.29, 1.82) is 0 Å². The lowest BCUT2D eigenvalue weighted by molar-refractivity contribution is -0.125. The zero-order valence-electron chi connectivity index (χ0n) is 7.25. The molecule has 4 nitrogen and oxygen atoms in total. The van der Waals surface area contributed by atoms with E-state index in [0.717, 1.165) is 0 Å². The Hall–Kier alpha value is -0.580. The molecule has 0 aliphatic carbocycles. The van der Waals surface area contributed by atoms with E-state index >= 15 is 0 Å². The summed E-state index contributed by atoms with van der Waals surface area (Å²) in [5.74, 6) is -0.372. The van der Waals surface area contributed by atoms with Crippen LogP contribution < -0.4 is 11.1 Å². The molecular formula is C8H13ClN2O2. The van der Waals surface area contributed by atoms with Crippen molar-refractivity contribution in [2.45, 2.75) is 6.04 Å². The minimum atomic E-state index is -0.254. The van der Waals surface area contributed by atoms with Crippen molar-refractivity contribution in [3.63, 3.8) is 0 Å². The first-order valence-corrected chi connectivity index (χ1v) is 4.43. The van der Waals surface area contributed by atoms with Crippen molar-refractivity contribution >= 4 is 17.5 Å².